The molecule has 2 heterocycles. The highest BCUT2D eigenvalue weighted by atomic mass is 79.9. The molecule has 0 saturated carbocycles. The molecule has 0 aliphatic rings. The molecule has 0 bridgehead atoms. The largest absolute Gasteiger partial charge is 0.452 e. The third-order valence-corrected chi connectivity index (χ3v) is 2.94. The molecule has 0 aliphatic carbocycles. The van der Waals surface area contributed by atoms with Crippen molar-refractivity contribution in [3.8, 4) is 0 Å². The predicted octanol–water partition coefficient (Wildman–Crippen LogP) is 2.20. The van der Waals surface area contributed by atoms with Gasteiger partial charge in [-0.2, -0.15) is 0 Å². The monoisotopic (exact) mass is 298 g/mol. The molecule has 92 valence electrons. The molecule has 0 aromatic carbocycles. The first-order chi connectivity index (χ1) is 8.26. The summed E-state index contributed by atoms with van der Waals surface area (Å²) in [5, 5.41) is 0. The summed E-state index contributed by atoms with van der Waals surface area (Å²) < 4.78 is 8.27. The van der Waals surface area contributed by atoms with Crippen LogP contribution >= 0.6 is 15.9 Å². The van der Waals surface area contributed by atoms with Crippen molar-refractivity contribution in [2.75, 3.05) is 0 Å². The number of nitrogens with one attached hydrogen (secondary N) is 1. The fourth-order valence-electron chi connectivity index (χ4n) is 1.78. The third kappa shape index (κ3) is 2.59. The van der Waals surface area contributed by atoms with Crippen molar-refractivity contribution in [2.45, 2.75) is 25.9 Å². The van der Waals surface area contributed by atoms with Crippen LogP contribution in [0.5, 0.6) is 0 Å². The number of hydrogen-bond acceptors (Lipinski definition) is 4. The van der Waals surface area contributed by atoms with Crippen LogP contribution in [0.2, 0.25) is 0 Å². The van der Waals surface area contributed by atoms with Gasteiger partial charge in [-0.1, -0.05) is 6.92 Å². The SMILES string of the molecule is CCCn1ccnc1C(NN)c1ccc(Br)o1. The molecule has 1 atom stereocenters. The molecule has 0 aliphatic heterocycles. The minimum absolute atomic E-state index is 0.233. The van der Waals surface area contributed by atoms with E-state index in [4.69, 9.17) is 10.3 Å². The van der Waals surface area contributed by atoms with Crippen LogP contribution in [0.3, 0.4) is 0 Å². The smallest absolute Gasteiger partial charge is 0.169 e. The van der Waals surface area contributed by atoms with Gasteiger partial charge in [0.2, 0.25) is 0 Å². The molecule has 5 nitrogen and oxygen atoms in total. The molecule has 0 radical (unpaired) electrons. The Labute approximate surface area is 108 Å². The van der Waals surface area contributed by atoms with Gasteiger partial charge in [-0.15, -0.1) is 0 Å². The quantitative estimate of drug-likeness (QED) is 0.656. The highest BCUT2D eigenvalue weighted by molar-refractivity contribution is 9.10. The van der Waals surface area contributed by atoms with Crippen LogP contribution in [-0.4, -0.2) is 9.55 Å². The zero-order valence-electron chi connectivity index (χ0n) is 9.56. The Balaban J connectivity index is 2.31. The van der Waals surface area contributed by atoms with Gasteiger partial charge in [0.05, 0.1) is 0 Å². The summed E-state index contributed by atoms with van der Waals surface area (Å²) in [6.07, 6.45) is 4.76. The zero-order chi connectivity index (χ0) is 12.3. The summed E-state index contributed by atoms with van der Waals surface area (Å²) in [5.74, 6) is 7.19. The number of rotatable bonds is 5. The Morgan fingerprint density at radius 2 is 2.41 bits per heavy atom. The molecule has 2 aromatic rings. The summed E-state index contributed by atoms with van der Waals surface area (Å²) in [7, 11) is 0. The summed E-state index contributed by atoms with van der Waals surface area (Å²) in [6.45, 7) is 3.04. The Morgan fingerprint density at radius 3 is 3.00 bits per heavy atom. The van der Waals surface area contributed by atoms with Gasteiger partial charge in [-0.25, -0.2) is 10.4 Å². The molecule has 2 aromatic heterocycles. The number of hydrazine groups is 1. The highest BCUT2D eigenvalue weighted by Gasteiger charge is 2.20. The van der Waals surface area contributed by atoms with Crippen molar-refractivity contribution in [1.29, 1.82) is 0 Å². The van der Waals surface area contributed by atoms with Crippen molar-refractivity contribution in [3.05, 3.63) is 40.8 Å². The van der Waals surface area contributed by atoms with Crippen molar-refractivity contribution in [2.24, 2.45) is 5.84 Å². The lowest BCUT2D eigenvalue weighted by Gasteiger charge is -2.14. The van der Waals surface area contributed by atoms with Crippen LogP contribution in [0, 0.1) is 0 Å². The van der Waals surface area contributed by atoms with Crippen molar-refractivity contribution >= 4 is 15.9 Å². The maximum atomic E-state index is 5.59. The van der Waals surface area contributed by atoms with E-state index in [0.29, 0.717) is 4.67 Å². The van der Waals surface area contributed by atoms with E-state index >= 15 is 0 Å². The van der Waals surface area contributed by atoms with E-state index in [1.54, 1.807) is 6.20 Å². The number of furan rings is 1. The number of hydrogen-bond donors (Lipinski definition) is 2. The lowest BCUT2D eigenvalue weighted by atomic mass is 10.2. The van der Waals surface area contributed by atoms with Gasteiger partial charge in [-0.3, -0.25) is 5.84 Å². The normalized spacial score (nSPS) is 12.9. The average molecular weight is 299 g/mol. The van der Waals surface area contributed by atoms with Crippen LogP contribution in [0.15, 0.2) is 33.6 Å². The number of nitrogens with zero attached hydrogens (tertiary/aromatic N) is 2. The van der Waals surface area contributed by atoms with Crippen LogP contribution in [0.1, 0.15) is 31.0 Å². The van der Waals surface area contributed by atoms with Crippen molar-refractivity contribution in [3.63, 3.8) is 0 Å². The Kier molecular flexibility index (Phi) is 3.98. The molecule has 1 unspecified atom stereocenters. The van der Waals surface area contributed by atoms with Crippen molar-refractivity contribution < 1.29 is 4.42 Å². The minimum Gasteiger partial charge on any atom is -0.452 e. The molecule has 3 N–H and O–H groups in total. The van der Waals surface area contributed by atoms with Gasteiger partial charge in [-0.05, 0) is 34.5 Å². The fraction of sp³-hybridized carbons (Fsp3) is 0.364. The van der Waals surface area contributed by atoms with E-state index in [9.17, 15) is 0 Å². The standard InChI is InChI=1S/C11H15BrN4O/c1-2-6-16-7-5-14-11(16)10(15-13)8-3-4-9(12)17-8/h3-5,7,10,15H,2,6,13H2,1H3. The van der Waals surface area contributed by atoms with Gasteiger partial charge < -0.3 is 8.98 Å². The first kappa shape index (κ1) is 12.3. The van der Waals surface area contributed by atoms with Gasteiger partial charge in [0, 0.05) is 18.9 Å². The summed E-state index contributed by atoms with van der Waals surface area (Å²) in [6, 6.07) is 3.48. The predicted molar refractivity (Wildman–Crippen MR) is 68.1 cm³/mol. The van der Waals surface area contributed by atoms with E-state index in [-0.39, 0.29) is 6.04 Å². The van der Waals surface area contributed by atoms with E-state index in [1.165, 1.54) is 0 Å². The van der Waals surface area contributed by atoms with Crippen LogP contribution < -0.4 is 11.3 Å². The Morgan fingerprint density at radius 1 is 1.59 bits per heavy atom. The number of nitrogens with two attached hydrogens (primary N) is 1. The fourth-order valence-corrected chi connectivity index (χ4v) is 2.10. The van der Waals surface area contributed by atoms with E-state index in [2.05, 4.69) is 37.8 Å². The van der Waals surface area contributed by atoms with Gasteiger partial charge >= 0.3 is 0 Å². The third-order valence-electron chi connectivity index (χ3n) is 2.52. The maximum absolute atomic E-state index is 5.59. The zero-order valence-corrected chi connectivity index (χ0v) is 11.1. The summed E-state index contributed by atoms with van der Waals surface area (Å²) >= 11 is 3.28. The number of imidazole rings is 1. The lowest BCUT2D eigenvalue weighted by molar-refractivity contribution is 0.418. The molecule has 2 rings (SSSR count). The highest BCUT2D eigenvalue weighted by Crippen LogP contribution is 2.24. The van der Waals surface area contributed by atoms with E-state index in [1.807, 2.05) is 18.3 Å². The van der Waals surface area contributed by atoms with Crippen molar-refractivity contribution in [1.82, 2.24) is 15.0 Å². The molecule has 0 saturated heterocycles. The maximum Gasteiger partial charge on any atom is 0.169 e. The van der Waals surface area contributed by atoms with Crippen LogP contribution in [-0.2, 0) is 6.54 Å². The van der Waals surface area contributed by atoms with Gasteiger partial charge in [0.25, 0.3) is 0 Å². The lowest BCUT2D eigenvalue weighted by Crippen LogP contribution is -2.30. The second-order valence-electron chi connectivity index (χ2n) is 3.72. The molecule has 6 heteroatoms. The van der Waals surface area contributed by atoms with Gasteiger partial charge in [0.1, 0.15) is 17.6 Å². The number of aromatic nitrogens is 2. The minimum atomic E-state index is -0.233. The molecular weight excluding hydrogens is 284 g/mol. The number of halogens is 1. The second kappa shape index (κ2) is 5.48. The Hall–Kier alpha value is -1.11. The first-order valence-corrected chi connectivity index (χ1v) is 6.28. The summed E-state index contributed by atoms with van der Waals surface area (Å²) in [4.78, 5) is 4.34. The summed E-state index contributed by atoms with van der Waals surface area (Å²) in [5.41, 5.74) is 2.73. The average Bonchev–Trinajstić information content (AvgIpc) is 2.91. The number of aryl methyl sites for hydroxylation is 1. The molecule has 0 fully saturated rings. The van der Waals surface area contributed by atoms with E-state index in [0.717, 1.165) is 24.6 Å². The van der Waals surface area contributed by atoms with E-state index < -0.39 is 0 Å². The Bertz CT molecular complexity index is 479. The first-order valence-electron chi connectivity index (χ1n) is 5.48. The van der Waals surface area contributed by atoms with Crippen LogP contribution in [0.25, 0.3) is 0 Å². The topological polar surface area (TPSA) is 69.0 Å². The molecular formula is C11H15BrN4O. The molecule has 0 amide bonds. The molecule has 0 spiro atoms. The molecule has 17 heavy (non-hydrogen) atoms. The van der Waals surface area contributed by atoms with Crippen LogP contribution in [0.4, 0.5) is 0 Å². The second-order valence-corrected chi connectivity index (χ2v) is 4.50. The van der Waals surface area contributed by atoms with Gasteiger partial charge in [0.15, 0.2) is 4.67 Å².